The summed E-state index contributed by atoms with van der Waals surface area (Å²) >= 11 is 12.9. The highest BCUT2D eigenvalue weighted by Crippen LogP contribution is 2.46. The standard InChI is InChI=1S/C130H234N5S6/c1-8-14-20-26-32-38-44-50-56-62-68-74-80-86-92-98-108-136-122-114-120(115-123(137-109-99-93-87-81-75-69-63-57-51-45-39-33-27-21-15-9-2)126(122)140-112-102-96-90-84-78-72-66-60-54-48-42-36-30-24-18-12-5)131-129-133-128(119-106-104-118(7)105-107-119)134-130(135-129)132-121-116-124(138-110-100-94-88-82-76-70-64-58-52-46-40-34-28-22-16-10-3)127(141-113-103-97-91-85-79-73-67-61-55-49-43-37-31-25-19-13-6)125(117-121)139-111-101-95-89-83-77-71-65-59-53-47-41-35-29-23-17-11-4/h104-107,114-117H,7-103,108-113H2,1-6H3,(H2,131,132,133,134,135). The van der Waals surface area contributed by atoms with Gasteiger partial charge in [0.2, 0.25) is 11.9 Å². The van der Waals surface area contributed by atoms with E-state index in [1.54, 1.807) is 0 Å². The molecule has 815 valence electrons. The van der Waals surface area contributed by atoms with E-state index in [2.05, 4.69) is 178 Å². The second-order valence-electron chi connectivity index (χ2n) is 43.8. The van der Waals surface area contributed by atoms with Crippen molar-refractivity contribution in [2.75, 3.05) is 45.2 Å². The molecule has 0 aliphatic heterocycles. The fourth-order valence-corrected chi connectivity index (χ4v) is 28.1. The van der Waals surface area contributed by atoms with Crippen molar-refractivity contribution < 1.29 is 0 Å². The molecule has 2 N–H and O–H groups in total. The Hall–Kier alpha value is -1.63. The molecule has 4 rings (SSSR count). The van der Waals surface area contributed by atoms with E-state index in [0.717, 1.165) is 45.5 Å². The molecule has 0 aliphatic rings. The highest BCUT2D eigenvalue weighted by molar-refractivity contribution is 8.04. The summed E-state index contributed by atoms with van der Waals surface area (Å²) in [6.07, 6.45) is 135. The van der Waals surface area contributed by atoms with Crippen LogP contribution in [0.25, 0.3) is 11.4 Å². The quantitative estimate of drug-likeness (QED) is 0.0328. The predicted octanol–water partition coefficient (Wildman–Crippen LogP) is 49.3. The first kappa shape index (κ1) is 132. The maximum atomic E-state index is 5.49. The van der Waals surface area contributed by atoms with E-state index in [-0.39, 0.29) is 0 Å². The van der Waals surface area contributed by atoms with Crippen LogP contribution in [0.2, 0.25) is 0 Å². The zero-order chi connectivity index (χ0) is 100. The van der Waals surface area contributed by atoms with E-state index in [4.69, 9.17) is 15.0 Å². The van der Waals surface area contributed by atoms with Crippen LogP contribution in [0.5, 0.6) is 0 Å². The van der Waals surface area contributed by atoms with Crippen molar-refractivity contribution in [1.29, 1.82) is 0 Å². The molecular formula is C130H234N5S6. The number of nitrogens with zero attached hydrogens (tertiary/aromatic N) is 3. The largest absolute Gasteiger partial charge is 0.324 e. The van der Waals surface area contributed by atoms with Crippen LogP contribution in [0.3, 0.4) is 0 Å². The summed E-state index contributed by atoms with van der Waals surface area (Å²) in [4.78, 5) is 25.1. The molecule has 141 heavy (non-hydrogen) atoms. The van der Waals surface area contributed by atoms with Crippen LogP contribution in [0.15, 0.2) is 77.9 Å². The van der Waals surface area contributed by atoms with Crippen molar-refractivity contribution in [2.24, 2.45) is 0 Å². The van der Waals surface area contributed by atoms with Crippen LogP contribution in [-0.2, 0) is 0 Å². The van der Waals surface area contributed by atoms with Gasteiger partial charge in [0.15, 0.2) is 5.82 Å². The second-order valence-corrected chi connectivity index (χ2v) is 50.5. The van der Waals surface area contributed by atoms with E-state index in [0.29, 0.717) is 17.7 Å². The van der Waals surface area contributed by atoms with Gasteiger partial charge < -0.3 is 10.6 Å². The molecule has 3 aromatic carbocycles. The average molecular weight is 2060 g/mol. The minimum atomic E-state index is 0.597. The van der Waals surface area contributed by atoms with Crippen LogP contribution in [0.1, 0.15) is 664 Å². The van der Waals surface area contributed by atoms with Gasteiger partial charge in [0.05, 0.1) is 0 Å². The number of aromatic nitrogens is 3. The van der Waals surface area contributed by atoms with E-state index in [1.165, 1.54) is 657 Å². The van der Waals surface area contributed by atoms with Crippen molar-refractivity contribution in [2.45, 2.75) is 687 Å². The number of thioether (sulfide) groups is 6. The number of nitrogens with one attached hydrogen (secondary N) is 2. The van der Waals surface area contributed by atoms with Gasteiger partial charge in [0.25, 0.3) is 0 Å². The van der Waals surface area contributed by atoms with E-state index >= 15 is 0 Å². The minimum Gasteiger partial charge on any atom is -0.324 e. The zero-order valence-electron chi connectivity index (χ0n) is 94.7. The maximum absolute atomic E-state index is 5.49. The Morgan fingerprint density at radius 1 is 0.177 bits per heavy atom. The number of rotatable bonds is 113. The van der Waals surface area contributed by atoms with Gasteiger partial charge in [0, 0.05) is 46.3 Å². The van der Waals surface area contributed by atoms with Crippen molar-refractivity contribution >= 4 is 93.8 Å². The Morgan fingerprint density at radius 2 is 0.319 bits per heavy atom. The van der Waals surface area contributed by atoms with Gasteiger partial charge in [-0.05, 0) is 110 Å². The number of hydrogen-bond acceptors (Lipinski definition) is 11. The summed E-state index contributed by atoms with van der Waals surface area (Å²) in [6, 6.07) is 18.6. The molecule has 1 heterocycles. The Morgan fingerprint density at radius 3 is 0.475 bits per heavy atom. The molecule has 0 saturated heterocycles. The fourth-order valence-electron chi connectivity index (χ4n) is 20.5. The van der Waals surface area contributed by atoms with Gasteiger partial charge in [0.1, 0.15) is 0 Å². The van der Waals surface area contributed by atoms with Gasteiger partial charge in [-0.2, -0.15) is 15.0 Å². The lowest BCUT2D eigenvalue weighted by molar-refractivity contribution is 0.531. The lowest BCUT2D eigenvalue weighted by atomic mass is 10.0. The fraction of sp³-hybridized carbons (Fsp3) is 0.831. The van der Waals surface area contributed by atoms with Crippen molar-refractivity contribution in [3.63, 3.8) is 0 Å². The van der Waals surface area contributed by atoms with E-state index in [1.807, 2.05) is 0 Å². The zero-order valence-corrected chi connectivity index (χ0v) is 99.6. The Bertz CT molecular complexity index is 2950. The average Bonchev–Trinajstić information content (AvgIpc) is 0.803. The van der Waals surface area contributed by atoms with E-state index in [9.17, 15) is 0 Å². The van der Waals surface area contributed by atoms with E-state index < -0.39 is 0 Å². The Kier molecular flexibility index (Phi) is 97.2. The molecule has 11 heteroatoms. The van der Waals surface area contributed by atoms with Crippen LogP contribution in [0, 0.1) is 6.92 Å². The minimum absolute atomic E-state index is 0.597. The SMILES string of the molecule is [CH2]c1ccc(-c2nc(Nc3cc(SCCCCCCCCCCCCCCCCCC)c(SCCCCCCCCCCCCCCCCCC)c(SCCCCCCCCCCCCCCCCCC)c3)nc(Nc3cc(SCCCCCCCCCCCCCCCCCC)c(SCCCCCCCCCCCCCCCCCC)c(SCCCCCCCCCCCCCCCCCC)c3)n2)cc1. The molecule has 0 bridgehead atoms. The normalized spacial score (nSPS) is 11.7. The summed E-state index contributed by atoms with van der Waals surface area (Å²) in [6.45, 7) is 18.3. The number of anilines is 4. The highest BCUT2D eigenvalue weighted by atomic mass is 32.2. The molecule has 0 spiro atoms. The first-order valence-electron chi connectivity index (χ1n) is 63.3. The van der Waals surface area contributed by atoms with Gasteiger partial charge in [-0.1, -0.05) is 644 Å². The third kappa shape index (κ3) is 80.9. The molecule has 5 nitrogen and oxygen atoms in total. The second kappa shape index (κ2) is 104. The van der Waals surface area contributed by atoms with Gasteiger partial charge in [-0.3, -0.25) is 0 Å². The van der Waals surface area contributed by atoms with Gasteiger partial charge >= 0.3 is 0 Å². The first-order valence-corrected chi connectivity index (χ1v) is 69.2. The van der Waals surface area contributed by atoms with Gasteiger partial charge in [-0.25, -0.2) is 0 Å². The molecule has 0 aliphatic carbocycles. The summed E-state index contributed by atoms with van der Waals surface area (Å²) in [5.74, 6) is 8.85. The monoisotopic (exact) mass is 2060 g/mol. The molecule has 4 aromatic rings. The molecule has 0 unspecified atom stereocenters. The summed E-state index contributed by atoms with van der Waals surface area (Å²) in [5.41, 5.74) is 4.16. The van der Waals surface area contributed by atoms with Crippen molar-refractivity contribution in [3.05, 3.63) is 61.0 Å². The number of hydrogen-bond donors (Lipinski definition) is 2. The van der Waals surface area contributed by atoms with Crippen LogP contribution < -0.4 is 10.6 Å². The smallest absolute Gasteiger partial charge is 0.232 e. The first-order chi connectivity index (χ1) is 69.9. The number of unbranched alkanes of at least 4 members (excludes halogenated alkanes) is 90. The summed E-state index contributed by atoms with van der Waals surface area (Å²) in [5, 5.41) is 7.97. The number of benzene rings is 3. The summed E-state index contributed by atoms with van der Waals surface area (Å²) in [7, 11) is 0. The molecule has 0 amide bonds. The van der Waals surface area contributed by atoms with Gasteiger partial charge in [-0.15, -0.1) is 70.6 Å². The maximum Gasteiger partial charge on any atom is 0.232 e. The molecule has 0 atom stereocenters. The topological polar surface area (TPSA) is 62.7 Å². The van der Waals surface area contributed by atoms with Crippen molar-refractivity contribution in [1.82, 2.24) is 15.0 Å². The van der Waals surface area contributed by atoms with Crippen molar-refractivity contribution in [3.8, 4) is 11.4 Å². The molecular weight excluding hydrogens is 1820 g/mol. The Labute approximate surface area is 906 Å². The third-order valence-electron chi connectivity index (χ3n) is 29.9. The Balaban J connectivity index is 1.68. The summed E-state index contributed by atoms with van der Waals surface area (Å²) < 4.78 is 0. The molecule has 0 saturated carbocycles. The van der Waals surface area contributed by atoms with Crippen LogP contribution in [-0.4, -0.2) is 49.5 Å². The molecule has 1 aromatic heterocycles. The van der Waals surface area contributed by atoms with Crippen LogP contribution in [0.4, 0.5) is 23.3 Å². The lowest BCUT2D eigenvalue weighted by Gasteiger charge is -2.19. The highest BCUT2D eigenvalue weighted by Gasteiger charge is 2.20. The lowest BCUT2D eigenvalue weighted by Crippen LogP contribution is -2.06. The van der Waals surface area contributed by atoms with Crippen LogP contribution >= 0.6 is 70.6 Å². The predicted molar refractivity (Wildman–Crippen MR) is 651 cm³/mol. The third-order valence-corrected chi connectivity index (χ3v) is 37.4. The molecule has 1 radical (unpaired) electrons. The molecule has 0 fully saturated rings.